The van der Waals surface area contributed by atoms with Gasteiger partial charge in [-0.05, 0) is 18.7 Å². The minimum Gasteiger partial charge on any atom is -0.383 e. The number of hydrogen-bond donors (Lipinski definition) is 2. The predicted octanol–water partition coefficient (Wildman–Crippen LogP) is 0.318. The lowest BCUT2D eigenvalue weighted by Crippen LogP contribution is -2.36. The summed E-state index contributed by atoms with van der Waals surface area (Å²) in [5.41, 5.74) is 1.08. The van der Waals surface area contributed by atoms with Gasteiger partial charge < -0.3 is 15.4 Å². The molecule has 0 aliphatic rings. The fraction of sp³-hybridized carbons (Fsp3) is 0.538. The Hall–Kier alpha value is -1.66. The van der Waals surface area contributed by atoms with E-state index in [1.54, 1.807) is 7.11 Å². The number of amides is 1. The normalized spacial score (nSPS) is 10.5. The summed E-state index contributed by atoms with van der Waals surface area (Å²) in [7, 11) is 5.35. The zero-order valence-corrected chi connectivity index (χ0v) is 11.8. The molecule has 2 N–H and O–H groups in total. The average Bonchev–Trinajstić information content (AvgIpc) is 2.39. The van der Waals surface area contributed by atoms with Crippen molar-refractivity contribution in [1.82, 2.24) is 15.2 Å². The number of methoxy groups -OCH3 is 1. The van der Waals surface area contributed by atoms with E-state index in [4.69, 9.17) is 4.74 Å². The van der Waals surface area contributed by atoms with Crippen LogP contribution in [0.4, 0.5) is 5.82 Å². The Morgan fingerprint density at radius 1 is 1.47 bits per heavy atom. The van der Waals surface area contributed by atoms with E-state index in [9.17, 15) is 4.79 Å². The van der Waals surface area contributed by atoms with Crippen LogP contribution in [0.15, 0.2) is 18.3 Å². The van der Waals surface area contributed by atoms with Crippen molar-refractivity contribution < 1.29 is 9.53 Å². The molecule has 0 radical (unpaired) electrons. The maximum absolute atomic E-state index is 11.6. The molecule has 1 aromatic heterocycles. The molecule has 0 atom stereocenters. The second-order valence-electron chi connectivity index (χ2n) is 4.32. The van der Waals surface area contributed by atoms with E-state index in [0.29, 0.717) is 26.2 Å². The Labute approximate surface area is 114 Å². The molecule has 0 saturated carbocycles. The van der Waals surface area contributed by atoms with Gasteiger partial charge in [0.1, 0.15) is 5.82 Å². The highest BCUT2D eigenvalue weighted by Gasteiger charge is 2.06. The van der Waals surface area contributed by atoms with Crippen molar-refractivity contribution in [2.24, 2.45) is 0 Å². The third-order valence-electron chi connectivity index (χ3n) is 2.58. The summed E-state index contributed by atoms with van der Waals surface area (Å²) >= 11 is 0. The van der Waals surface area contributed by atoms with E-state index >= 15 is 0 Å². The minimum absolute atomic E-state index is 0.000598. The third kappa shape index (κ3) is 6.17. The topological polar surface area (TPSA) is 66.5 Å². The average molecular weight is 266 g/mol. The molecule has 6 nitrogen and oxygen atoms in total. The Kier molecular flexibility index (Phi) is 6.84. The van der Waals surface area contributed by atoms with Crippen LogP contribution in [0.1, 0.15) is 5.56 Å². The first kappa shape index (κ1) is 15.4. The van der Waals surface area contributed by atoms with Crippen molar-refractivity contribution in [2.75, 3.05) is 46.2 Å². The fourth-order valence-corrected chi connectivity index (χ4v) is 1.63. The summed E-state index contributed by atoms with van der Waals surface area (Å²) in [6, 6.07) is 3.92. The van der Waals surface area contributed by atoms with Gasteiger partial charge in [0.05, 0.1) is 13.2 Å². The summed E-state index contributed by atoms with van der Waals surface area (Å²) < 4.78 is 4.87. The number of hydrogen-bond acceptors (Lipinski definition) is 5. The molecule has 19 heavy (non-hydrogen) atoms. The first-order valence-corrected chi connectivity index (χ1v) is 6.22. The van der Waals surface area contributed by atoms with Crippen LogP contribution in [0, 0.1) is 0 Å². The highest BCUT2D eigenvalue weighted by Crippen LogP contribution is 2.06. The summed E-state index contributed by atoms with van der Waals surface area (Å²) in [6.45, 7) is 2.12. The fourth-order valence-electron chi connectivity index (χ4n) is 1.63. The quantitative estimate of drug-likeness (QED) is 0.663. The molecule has 0 fully saturated rings. The summed E-state index contributed by atoms with van der Waals surface area (Å²) in [4.78, 5) is 17.8. The van der Waals surface area contributed by atoms with Crippen molar-refractivity contribution in [3.8, 4) is 0 Å². The van der Waals surface area contributed by atoms with Crippen molar-refractivity contribution in [3.05, 3.63) is 23.9 Å². The zero-order valence-electron chi connectivity index (χ0n) is 11.8. The Bertz CT molecular complexity index is 381. The summed E-state index contributed by atoms with van der Waals surface area (Å²) in [6.07, 6.45) is 1.81. The predicted molar refractivity (Wildman–Crippen MR) is 75.0 cm³/mol. The highest BCUT2D eigenvalue weighted by molar-refractivity contribution is 5.77. The molecule has 1 rings (SSSR count). The van der Waals surface area contributed by atoms with Crippen molar-refractivity contribution >= 4 is 11.7 Å². The van der Waals surface area contributed by atoms with Gasteiger partial charge in [-0.3, -0.25) is 9.69 Å². The van der Waals surface area contributed by atoms with Crippen molar-refractivity contribution in [2.45, 2.75) is 6.54 Å². The van der Waals surface area contributed by atoms with Crippen LogP contribution >= 0.6 is 0 Å². The third-order valence-corrected chi connectivity index (χ3v) is 2.58. The Morgan fingerprint density at radius 2 is 2.26 bits per heavy atom. The van der Waals surface area contributed by atoms with Gasteiger partial charge in [-0.1, -0.05) is 6.07 Å². The zero-order chi connectivity index (χ0) is 14.1. The number of aromatic nitrogens is 1. The molecule has 1 aromatic rings. The molecule has 1 heterocycles. The Morgan fingerprint density at radius 3 is 2.84 bits per heavy atom. The second kappa shape index (κ2) is 8.44. The van der Waals surface area contributed by atoms with Crippen molar-refractivity contribution in [3.63, 3.8) is 0 Å². The molecule has 0 unspecified atom stereocenters. The lowest BCUT2D eigenvalue weighted by atomic mass is 10.2. The molecular weight excluding hydrogens is 244 g/mol. The first-order valence-electron chi connectivity index (χ1n) is 6.22. The number of carbonyl (C=O) groups is 1. The lowest BCUT2D eigenvalue weighted by molar-refractivity contribution is -0.122. The highest BCUT2D eigenvalue weighted by atomic mass is 16.5. The monoisotopic (exact) mass is 266 g/mol. The molecule has 0 saturated heterocycles. The summed E-state index contributed by atoms with van der Waals surface area (Å²) in [5.74, 6) is 0.836. The number of anilines is 1. The van der Waals surface area contributed by atoms with Gasteiger partial charge in [-0.15, -0.1) is 0 Å². The van der Waals surface area contributed by atoms with Crippen LogP contribution in [0.2, 0.25) is 0 Å². The molecule has 0 bridgehead atoms. The minimum atomic E-state index is -0.000598. The van der Waals surface area contributed by atoms with E-state index in [1.807, 2.05) is 37.3 Å². The van der Waals surface area contributed by atoms with Crippen LogP contribution in [-0.2, 0) is 16.1 Å². The Balaban J connectivity index is 2.33. The van der Waals surface area contributed by atoms with Gasteiger partial charge in [-0.25, -0.2) is 4.98 Å². The molecule has 6 heteroatoms. The maximum atomic E-state index is 11.6. The van der Waals surface area contributed by atoms with Gasteiger partial charge in [0, 0.05) is 33.4 Å². The van der Waals surface area contributed by atoms with E-state index in [2.05, 4.69) is 15.6 Å². The van der Waals surface area contributed by atoms with E-state index in [1.165, 1.54) is 0 Å². The van der Waals surface area contributed by atoms with Crippen LogP contribution in [0.3, 0.4) is 0 Å². The number of pyridine rings is 1. The van der Waals surface area contributed by atoms with Gasteiger partial charge in [0.2, 0.25) is 5.91 Å². The van der Waals surface area contributed by atoms with E-state index in [0.717, 1.165) is 11.4 Å². The van der Waals surface area contributed by atoms with Gasteiger partial charge in [0.15, 0.2) is 0 Å². The van der Waals surface area contributed by atoms with Crippen molar-refractivity contribution in [1.29, 1.82) is 0 Å². The first-order chi connectivity index (χ1) is 9.15. The molecule has 0 aromatic carbocycles. The molecular formula is C13H22N4O2. The number of ether oxygens (including phenoxy) is 1. The molecule has 0 aliphatic carbocycles. The molecule has 106 valence electrons. The number of carbonyl (C=O) groups excluding carboxylic acids is 1. The standard InChI is InChI=1S/C13H22N4O2/c1-14-12-5-4-11(8-16-12)9-17(2)10-13(18)15-6-7-19-3/h4-5,8H,6-7,9-10H2,1-3H3,(H,14,16)(H,15,18). The molecule has 0 aliphatic heterocycles. The van der Waals surface area contributed by atoms with E-state index in [-0.39, 0.29) is 5.91 Å². The summed E-state index contributed by atoms with van der Waals surface area (Å²) in [5, 5.41) is 5.75. The maximum Gasteiger partial charge on any atom is 0.234 e. The van der Waals surface area contributed by atoms with Gasteiger partial charge in [-0.2, -0.15) is 0 Å². The van der Waals surface area contributed by atoms with Crippen LogP contribution in [-0.4, -0.2) is 56.7 Å². The second-order valence-corrected chi connectivity index (χ2v) is 4.32. The SMILES string of the molecule is CNc1ccc(CN(C)CC(=O)NCCOC)cn1. The van der Waals surface area contributed by atoms with Crippen LogP contribution in [0.25, 0.3) is 0 Å². The van der Waals surface area contributed by atoms with Gasteiger partial charge in [0.25, 0.3) is 0 Å². The number of rotatable bonds is 8. The van der Waals surface area contributed by atoms with Crippen LogP contribution < -0.4 is 10.6 Å². The number of nitrogens with one attached hydrogen (secondary N) is 2. The van der Waals surface area contributed by atoms with Crippen LogP contribution in [0.5, 0.6) is 0 Å². The number of likely N-dealkylation sites (N-methyl/N-ethyl adjacent to an activating group) is 1. The van der Waals surface area contributed by atoms with Gasteiger partial charge >= 0.3 is 0 Å². The number of nitrogens with zero attached hydrogens (tertiary/aromatic N) is 2. The molecule has 0 spiro atoms. The van der Waals surface area contributed by atoms with E-state index < -0.39 is 0 Å². The molecule has 1 amide bonds. The lowest BCUT2D eigenvalue weighted by Gasteiger charge is -2.16. The largest absolute Gasteiger partial charge is 0.383 e. The smallest absolute Gasteiger partial charge is 0.234 e.